The lowest BCUT2D eigenvalue weighted by Crippen LogP contribution is -2.25. The van der Waals surface area contributed by atoms with E-state index in [9.17, 15) is 31.1 Å². The summed E-state index contributed by atoms with van der Waals surface area (Å²) in [5.74, 6) is -0.0593. The first-order chi connectivity index (χ1) is 16.6. The van der Waals surface area contributed by atoms with Gasteiger partial charge in [0.05, 0.1) is 23.1 Å². The zero-order valence-electron chi connectivity index (χ0n) is 19.9. The minimum Gasteiger partial charge on any atom is -0.489 e. The molecule has 4 rings (SSSR count). The highest BCUT2D eigenvalue weighted by atomic mass is 19.4. The van der Waals surface area contributed by atoms with Crippen LogP contribution in [0.3, 0.4) is 0 Å². The molecule has 0 radical (unpaired) electrons. The number of carbonyl (C=O) groups excluding carboxylic acids is 1. The molecule has 0 aliphatic carbocycles. The van der Waals surface area contributed by atoms with Gasteiger partial charge in [0.1, 0.15) is 18.0 Å². The number of rotatable bonds is 5. The number of alkyl halides is 6. The predicted octanol–water partition coefficient (Wildman–Crippen LogP) is 7.48. The monoisotopic (exact) mass is 513 g/mol. The van der Waals surface area contributed by atoms with Gasteiger partial charge in [-0.3, -0.25) is 4.79 Å². The lowest BCUT2D eigenvalue weighted by Gasteiger charge is -2.22. The number of ether oxygens (including phenoxy) is 2. The Morgan fingerprint density at radius 3 is 2.33 bits per heavy atom. The Labute approximate surface area is 203 Å². The standard InChI is InChI=1S/C26H25F6NO3/c1-24(2,3)36-23(34)12-19-8-7-18-10-15-5-9-20(13-22(15)33(18)19)35-14-16-4-6-17(25(27,28)29)11-21(16)26(30,31)32/h4-6,9-11,13,19H,7-8,12,14H2,1-3H3. The average molecular weight is 513 g/mol. The summed E-state index contributed by atoms with van der Waals surface area (Å²) in [6.45, 7) is 4.81. The van der Waals surface area contributed by atoms with E-state index in [0.29, 0.717) is 6.07 Å². The van der Waals surface area contributed by atoms with Crippen molar-refractivity contribution in [3.05, 3.63) is 64.8 Å². The van der Waals surface area contributed by atoms with Crippen molar-refractivity contribution < 1.29 is 40.6 Å². The van der Waals surface area contributed by atoms with Gasteiger partial charge in [0.15, 0.2) is 0 Å². The van der Waals surface area contributed by atoms with Gasteiger partial charge < -0.3 is 14.0 Å². The second-order valence-electron chi connectivity index (χ2n) is 9.87. The average Bonchev–Trinajstić information content (AvgIpc) is 3.29. The lowest BCUT2D eigenvalue weighted by atomic mass is 10.0. The normalized spacial score (nSPS) is 16.3. The highest BCUT2D eigenvalue weighted by molar-refractivity contribution is 5.84. The number of carbonyl (C=O) groups is 1. The first kappa shape index (κ1) is 25.9. The number of halogens is 6. The van der Waals surface area contributed by atoms with E-state index < -0.39 is 41.3 Å². The zero-order valence-corrected chi connectivity index (χ0v) is 19.9. The summed E-state index contributed by atoms with van der Waals surface area (Å²) in [7, 11) is 0. The molecule has 1 unspecified atom stereocenters. The third-order valence-electron chi connectivity index (χ3n) is 5.95. The molecule has 1 atom stereocenters. The lowest BCUT2D eigenvalue weighted by molar-refractivity contribution is -0.155. The van der Waals surface area contributed by atoms with Crippen LogP contribution in [-0.2, 0) is 34.9 Å². The second kappa shape index (κ2) is 9.05. The van der Waals surface area contributed by atoms with E-state index in [2.05, 4.69) is 0 Å². The summed E-state index contributed by atoms with van der Waals surface area (Å²) in [6, 6.07) is 8.39. The van der Waals surface area contributed by atoms with Gasteiger partial charge in [-0.1, -0.05) is 6.07 Å². The molecule has 0 spiro atoms. The summed E-state index contributed by atoms with van der Waals surface area (Å²) < 4.78 is 92.2. The second-order valence-corrected chi connectivity index (χ2v) is 9.87. The zero-order chi connectivity index (χ0) is 26.5. The molecule has 36 heavy (non-hydrogen) atoms. The fraction of sp³-hybridized carbons (Fsp3) is 0.423. The molecule has 10 heteroatoms. The van der Waals surface area contributed by atoms with Gasteiger partial charge in [-0.05, 0) is 63.9 Å². The van der Waals surface area contributed by atoms with E-state index in [4.69, 9.17) is 9.47 Å². The number of hydrogen-bond donors (Lipinski definition) is 0. The first-order valence-corrected chi connectivity index (χ1v) is 11.4. The number of aromatic nitrogens is 1. The van der Waals surface area contributed by atoms with E-state index in [-0.39, 0.29) is 30.2 Å². The molecule has 2 aromatic carbocycles. The minimum absolute atomic E-state index is 0.100. The maximum atomic E-state index is 13.4. The van der Waals surface area contributed by atoms with Crippen molar-refractivity contribution in [3.63, 3.8) is 0 Å². The number of aryl methyl sites for hydroxylation is 1. The van der Waals surface area contributed by atoms with Gasteiger partial charge in [-0.2, -0.15) is 26.3 Å². The fourth-order valence-electron chi connectivity index (χ4n) is 4.49. The van der Waals surface area contributed by atoms with Crippen molar-refractivity contribution in [2.24, 2.45) is 0 Å². The van der Waals surface area contributed by atoms with Gasteiger partial charge in [-0.15, -0.1) is 0 Å². The Morgan fingerprint density at radius 2 is 1.69 bits per heavy atom. The van der Waals surface area contributed by atoms with Gasteiger partial charge >= 0.3 is 18.3 Å². The number of nitrogens with zero attached hydrogens (tertiary/aromatic N) is 1. The van der Waals surface area contributed by atoms with E-state index in [1.165, 1.54) is 0 Å². The van der Waals surface area contributed by atoms with Crippen LogP contribution in [0.4, 0.5) is 26.3 Å². The smallest absolute Gasteiger partial charge is 0.416 e. The van der Waals surface area contributed by atoms with Gasteiger partial charge in [0, 0.05) is 28.8 Å². The van der Waals surface area contributed by atoms with Crippen molar-refractivity contribution in [2.75, 3.05) is 0 Å². The molecule has 2 heterocycles. The molecule has 0 amide bonds. The molecule has 3 aromatic rings. The van der Waals surface area contributed by atoms with E-state index >= 15 is 0 Å². The number of fused-ring (bicyclic) bond motifs is 3. The van der Waals surface area contributed by atoms with Crippen molar-refractivity contribution in [1.82, 2.24) is 4.57 Å². The van der Waals surface area contributed by atoms with Crippen LogP contribution in [-0.4, -0.2) is 16.1 Å². The molecule has 0 fully saturated rings. The van der Waals surface area contributed by atoms with Gasteiger partial charge in [-0.25, -0.2) is 0 Å². The third-order valence-corrected chi connectivity index (χ3v) is 5.95. The molecular weight excluding hydrogens is 488 g/mol. The Morgan fingerprint density at radius 1 is 0.972 bits per heavy atom. The van der Waals surface area contributed by atoms with Gasteiger partial charge in [0.25, 0.3) is 0 Å². The predicted molar refractivity (Wildman–Crippen MR) is 121 cm³/mol. The van der Waals surface area contributed by atoms with Crippen molar-refractivity contribution in [2.45, 2.75) is 70.6 Å². The molecular formula is C26H25F6NO3. The highest BCUT2D eigenvalue weighted by Gasteiger charge is 2.38. The van der Waals surface area contributed by atoms with E-state index in [0.717, 1.165) is 35.5 Å². The molecule has 1 aromatic heterocycles. The maximum Gasteiger partial charge on any atom is 0.416 e. The van der Waals surface area contributed by atoms with Crippen LogP contribution in [0.15, 0.2) is 42.5 Å². The Balaban J connectivity index is 1.57. The van der Waals surface area contributed by atoms with Gasteiger partial charge in [0.2, 0.25) is 0 Å². The van der Waals surface area contributed by atoms with Crippen molar-refractivity contribution in [1.29, 1.82) is 0 Å². The Bertz CT molecular complexity index is 1280. The molecule has 0 bridgehead atoms. The van der Waals surface area contributed by atoms with Crippen LogP contribution in [0.1, 0.15) is 62.0 Å². The minimum atomic E-state index is -4.97. The summed E-state index contributed by atoms with van der Waals surface area (Å²) in [5.41, 5.74) is -1.99. The van der Waals surface area contributed by atoms with Crippen LogP contribution in [0.5, 0.6) is 5.75 Å². The van der Waals surface area contributed by atoms with Crippen molar-refractivity contribution >= 4 is 16.9 Å². The fourth-order valence-corrected chi connectivity index (χ4v) is 4.49. The third kappa shape index (κ3) is 5.63. The largest absolute Gasteiger partial charge is 0.489 e. The SMILES string of the molecule is CC(C)(C)OC(=O)CC1CCc2cc3ccc(OCc4ccc(C(F)(F)F)cc4C(F)(F)F)cc3n21. The summed E-state index contributed by atoms with van der Waals surface area (Å²) >= 11 is 0. The number of esters is 1. The summed E-state index contributed by atoms with van der Waals surface area (Å²) in [6.07, 6.45) is -8.18. The molecule has 1 aliphatic rings. The molecule has 1 aliphatic heterocycles. The highest BCUT2D eigenvalue weighted by Crippen LogP contribution is 2.39. The van der Waals surface area contributed by atoms with E-state index in [1.54, 1.807) is 39.0 Å². The van der Waals surface area contributed by atoms with Crippen LogP contribution >= 0.6 is 0 Å². The topological polar surface area (TPSA) is 40.5 Å². The summed E-state index contributed by atoms with van der Waals surface area (Å²) in [5, 5.41) is 0.886. The van der Waals surface area contributed by atoms with E-state index in [1.807, 2.05) is 10.6 Å². The molecule has 0 saturated carbocycles. The Kier molecular flexibility index (Phi) is 6.51. The van der Waals surface area contributed by atoms with Crippen LogP contribution < -0.4 is 4.74 Å². The molecule has 4 nitrogen and oxygen atoms in total. The Hall–Kier alpha value is -3.17. The quantitative estimate of drug-likeness (QED) is 0.262. The first-order valence-electron chi connectivity index (χ1n) is 11.4. The van der Waals surface area contributed by atoms with Crippen LogP contribution in [0.2, 0.25) is 0 Å². The number of benzene rings is 2. The maximum absolute atomic E-state index is 13.4. The number of hydrogen-bond acceptors (Lipinski definition) is 3. The molecule has 0 saturated heterocycles. The molecule has 0 N–H and O–H groups in total. The van der Waals surface area contributed by atoms with Crippen molar-refractivity contribution in [3.8, 4) is 5.75 Å². The summed E-state index contributed by atoms with van der Waals surface area (Å²) in [4.78, 5) is 12.4. The molecule has 194 valence electrons. The van der Waals surface area contributed by atoms with Crippen LogP contribution in [0, 0.1) is 0 Å². The van der Waals surface area contributed by atoms with Crippen LogP contribution in [0.25, 0.3) is 10.9 Å².